The lowest BCUT2D eigenvalue weighted by Crippen LogP contribution is -2.02. The Labute approximate surface area is 220 Å². The first-order chi connectivity index (χ1) is 17.4. The van der Waals surface area contributed by atoms with E-state index in [2.05, 4.69) is 75.4 Å². The van der Waals surface area contributed by atoms with E-state index < -0.39 is 5.97 Å². The van der Waals surface area contributed by atoms with Crippen LogP contribution in [0, 0.1) is 13.8 Å². The summed E-state index contributed by atoms with van der Waals surface area (Å²) in [5.41, 5.74) is 7.05. The molecule has 190 valence electrons. The van der Waals surface area contributed by atoms with Crippen LogP contribution in [-0.4, -0.2) is 16.9 Å². The molecule has 0 aliphatic rings. The summed E-state index contributed by atoms with van der Waals surface area (Å²) in [5, 5.41) is 9.13. The highest BCUT2D eigenvalue weighted by molar-refractivity contribution is 7.99. The van der Waals surface area contributed by atoms with Gasteiger partial charge < -0.3 is 5.11 Å². The number of hydrogen-bond acceptors (Lipinski definition) is 3. The number of benzene rings is 3. The van der Waals surface area contributed by atoms with E-state index in [1.165, 1.54) is 58.4 Å². The number of unbranched alkanes of at least 4 members (excludes halogenated alkanes) is 3. The van der Waals surface area contributed by atoms with Gasteiger partial charge in [0.05, 0.1) is 0 Å². The fraction of sp³-hybridized carbons (Fsp3) is 0.375. The molecule has 1 atom stereocenters. The molecule has 3 nitrogen and oxygen atoms in total. The van der Waals surface area contributed by atoms with Gasteiger partial charge >= 0.3 is 5.97 Å². The molecule has 4 heteroatoms. The van der Waals surface area contributed by atoms with Crippen molar-refractivity contribution in [3.05, 3.63) is 89.0 Å². The predicted octanol–water partition coefficient (Wildman–Crippen LogP) is 9.21. The lowest BCUT2D eigenvalue weighted by Gasteiger charge is -2.18. The van der Waals surface area contributed by atoms with Gasteiger partial charge in [-0.2, -0.15) is 0 Å². The summed E-state index contributed by atoms with van der Waals surface area (Å²) in [5.74, 6) is -0.847. The predicted molar refractivity (Wildman–Crippen MR) is 151 cm³/mol. The lowest BCUT2D eigenvalue weighted by molar-refractivity contribution is -0.137. The van der Waals surface area contributed by atoms with Gasteiger partial charge in [0.2, 0.25) is 0 Å². The van der Waals surface area contributed by atoms with Gasteiger partial charge in [0.25, 0.3) is 0 Å². The lowest BCUT2D eigenvalue weighted by atomic mass is 9.97. The SMILES string of the molecule is CCCCCCC(Sc1ccc(-c2cccc(C)c2C)cc1)c1ccc(C(=O)CCCC(=O)O)cc1. The van der Waals surface area contributed by atoms with Crippen molar-refractivity contribution in [2.75, 3.05) is 0 Å². The van der Waals surface area contributed by atoms with Crippen molar-refractivity contribution in [2.24, 2.45) is 0 Å². The highest BCUT2D eigenvalue weighted by atomic mass is 32.2. The van der Waals surface area contributed by atoms with Crippen LogP contribution in [0.2, 0.25) is 0 Å². The quantitative estimate of drug-likeness (QED) is 0.136. The van der Waals surface area contributed by atoms with Crippen LogP contribution in [0.5, 0.6) is 0 Å². The number of carboxylic acid groups (broad SMARTS) is 1. The topological polar surface area (TPSA) is 54.4 Å². The minimum atomic E-state index is -0.858. The van der Waals surface area contributed by atoms with Gasteiger partial charge in [-0.05, 0) is 66.6 Å². The Morgan fingerprint density at radius 1 is 0.833 bits per heavy atom. The summed E-state index contributed by atoms with van der Waals surface area (Å²) in [7, 11) is 0. The standard InChI is InChI=1S/C32H38O3S/c1-4-5-6-7-13-31(27-17-15-26(16-18-27)30(33)12-9-14-32(34)35)36-28-21-19-25(20-22-28)29-11-8-10-23(2)24(29)3/h8,10-11,15-22,31H,4-7,9,12-14H2,1-3H3,(H,34,35). The maximum absolute atomic E-state index is 12.4. The molecule has 0 radical (unpaired) electrons. The maximum atomic E-state index is 12.4. The van der Waals surface area contributed by atoms with Crippen molar-refractivity contribution in [3.8, 4) is 11.1 Å². The summed E-state index contributed by atoms with van der Waals surface area (Å²) in [6, 6.07) is 23.3. The Hall–Kier alpha value is -2.85. The summed E-state index contributed by atoms with van der Waals surface area (Å²) < 4.78 is 0. The van der Waals surface area contributed by atoms with E-state index in [4.69, 9.17) is 5.11 Å². The van der Waals surface area contributed by atoms with E-state index in [0.29, 0.717) is 17.2 Å². The number of hydrogen-bond donors (Lipinski definition) is 1. The molecule has 0 amide bonds. The van der Waals surface area contributed by atoms with Crippen LogP contribution in [0.25, 0.3) is 11.1 Å². The number of rotatable bonds is 14. The van der Waals surface area contributed by atoms with Crippen molar-refractivity contribution in [3.63, 3.8) is 0 Å². The molecule has 0 fully saturated rings. The van der Waals surface area contributed by atoms with Crippen LogP contribution in [-0.2, 0) is 4.79 Å². The van der Waals surface area contributed by atoms with Crippen LogP contribution >= 0.6 is 11.8 Å². The molecule has 0 saturated heterocycles. The molecule has 0 bridgehead atoms. The number of Topliss-reactive ketones (excluding diaryl/α,β-unsaturated/α-hetero) is 1. The van der Waals surface area contributed by atoms with Crippen molar-refractivity contribution < 1.29 is 14.7 Å². The van der Waals surface area contributed by atoms with E-state index in [1.54, 1.807) is 0 Å². The number of aliphatic carboxylic acids is 1. The van der Waals surface area contributed by atoms with Crippen LogP contribution in [0.15, 0.2) is 71.6 Å². The first-order valence-electron chi connectivity index (χ1n) is 13.1. The average Bonchev–Trinajstić information content (AvgIpc) is 2.88. The molecule has 0 aliphatic heterocycles. The third kappa shape index (κ3) is 8.09. The largest absolute Gasteiger partial charge is 0.481 e. The smallest absolute Gasteiger partial charge is 0.303 e. The molecule has 36 heavy (non-hydrogen) atoms. The molecule has 0 heterocycles. The Kier molecular flexibility index (Phi) is 10.8. The Balaban J connectivity index is 1.72. The van der Waals surface area contributed by atoms with Gasteiger partial charge in [-0.15, -0.1) is 11.8 Å². The molecule has 1 N–H and O–H groups in total. The van der Waals surface area contributed by atoms with E-state index in [0.717, 1.165) is 6.42 Å². The number of carboxylic acids is 1. The molecule has 1 unspecified atom stereocenters. The number of ketones is 1. The maximum Gasteiger partial charge on any atom is 0.303 e. The van der Waals surface area contributed by atoms with Crippen molar-refractivity contribution in [1.29, 1.82) is 0 Å². The average molecular weight is 503 g/mol. The van der Waals surface area contributed by atoms with E-state index >= 15 is 0 Å². The number of carbonyl (C=O) groups excluding carboxylic acids is 1. The molecular formula is C32H38O3S. The Morgan fingerprint density at radius 2 is 1.56 bits per heavy atom. The first-order valence-corrected chi connectivity index (χ1v) is 13.9. The van der Waals surface area contributed by atoms with Crippen molar-refractivity contribution in [1.82, 2.24) is 0 Å². The molecule has 3 rings (SSSR count). The van der Waals surface area contributed by atoms with E-state index in [9.17, 15) is 9.59 Å². The monoisotopic (exact) mass is 502 g/mol. The number of aryl methyl sites for hydroxylation is 1. The minimum Gasteiger partial charge on any atom is -0.481 e. The summed E-state index contributed by atoms with van der Waals surface area (Å²) in [4.78, 5) is 24.4. The van der Waals surface area contributed by atoms with Gasteiger partial charge in [-0.3, -0.25) is 9.59 Å². The zero-order valence-corrected chi connectivity index (χ0v) is 22.6. The number of thioether (sulfide) groups is 1. The van der Waals surface area contributed by atoms with Crippen molar-refractivity contribution >= 4 is 23.5 Å². The Morgan fingerprint density at radius 3 is 2.22 bits per heavy atom. The van der Waals surface area contributed by atoms with Crippen LogP contribution in [0.4, 0.5) is 0 Å². The first kappa shape index (κ1) is 27.7. The highest BCUT2D eigenvalue weighted by Crippen LogP contribution is 2.40. The molecule has 0 saturated carbocycles. The van der Waals surface area contributed by atoms with Gasteiger partial charge in [-0.25, -0.2) is 0 Å². The van der Waals surface area contributed by atoms with Gasteiger partial charge in [-0.1, -0.05) is 87.2 Å². The fourth-order valence-corrected chi connectivity index (χ4v) is 5.62. The fourth-order valence-electron chi connectivity index (χ4n) is 4.42. The van der Waals surface area contributed by atoms with Crippen LogP contribution in [0.3, 0.4) is 0 Å². The molecular weight excluding hydrogens is 464 g/mol. The third-order valence-electron chi connectivity index (χ3n) is 6.77. The molecule has 3 aromatic rings. The summed E-state index contributed by atoms with van der Waals surface area (Å²) in [6.45, 7) is 6.57. The normalized spacial score (nSPS) is 11.9. The molecule has 0 aliphatic carbocycles. The second-order valence-electron chi connectivity index (χ2n) is 9.52. The highest BCUT2D eigenvalue weighted by Gasteiger charge is 2.15. The second-order valence-corrected chi connectivity index (χ2v) is 10.8. The molecule has 3 aromatic carbocycles. The second kappa shape index (κ2) is 14.0. The molecule has 0 aromatic heterocycles. The number of carbonyl (C=O) groups is 2. The minimum absolute atomic E-state index is 0.0111. The summed E-state index contributed by atoms with van der Waals surface area (Å²) in [6.07, 6.45) is 6.67. The van der Waals surface area contributed by atoms with Crippen LogP contribution in [0.1, 0.15) is 90.6 Å². The van der Waals surface area contributed by atoms with Crippen molar-refractivity contribution in [2.45, 2.75) is 82.3 Å². The van der Waals surface area contributed by atoms with Gasteiger partial charge in [0.15, 0.2) is 5.78 Å². The van der Waals surface area contributed by atoms with Gasteiger partial charge in [0.1, 0.15) is 0 Å². The Bertz CT molecular complexity index is 1130. The third-order valence-corrected chi connectivity index (χ3v) is 8.10. The zero-order chi connectivity index (χ0) is 25.9. The molecule has 0 spiro atoms. The van der Waals surface area contributed by atoms with E-state index in [-0.39, 0.29) is 18.6 Å². The zero-order valence-electron chi connectivity index (χ0n) is 21.8. The van der Waals surface area contributed by atoms with Gasteiger partial charge in [0, 0.05) is 28.6 Å². The van der Waals surface area contributed by atoms with Crippen LogP contribution < -0.4 is 0 Å². The van der Waals surface area contributed by atoms with E-state index in [1.807, 2.05) is 23.9 Å². The summed E-state index contributed by atoms with van der Waals surface area (Å²) >= 11 is 1.89.